The number of carbonyl (C=O) groups excluding carboxylic acids is 1. The molecule has 2 saturated heterocycles. The molecule has 2 aliphatic rings. The van der Waals surface area contributed by atoms with Crippen LogP contribution in [0.5, 0.6) is 0 Å². The lowest BCUT2D eigenvalue weighted by atomic mass is 9.81. The van der Waals surface area contributed by atoms with Gasteiger partial charge >= 0.3 is 12.1 Å². The largest absolute Gasteiger partial charge is 0.463 e. The van der Waals surface area contributed by atoms with Gasteiger partial charge in [0.2, 0.25) is 0 Å². The summed E-state index contributed by atoms with van der Waals surface area (Å²) in [5, 5.41) is 20.4. The summed E-state index contributed by atoms with van der Waals surface area (Å²) in [7, 11) is 0. The second-order valence-electron chi connectivity index (χ2n) is 11.7. The third-order valence-electron chi connectivity index (χ3n) is 8.24. The van der Waals surface area contributed by atoms with E-state index in [0.717, 1.165) is 0 Å². The number of alkyl halides is 3. The second-order valence-corrected chi connectivity index (χ2v) is 11.7. The van der Waals surface area contributed by atoms with Crippen molar-refractivity contribution in [2.45, 2.75) is 75.7 Å². The van der Waals surface area contributed by atoms with Crippen LogP contribution in [0.15, 0.2) is 41.3 Å². The SMILES string of the molecule is CC(C)COC(=O)C1CC[C@@](CC#N)(n2nc(Nc3ccc(C4(C(F)(F)F)CCCCN4)cc3)c3c(=O)[nH]ccc32)CO1. The number of nitriles is 1. The van der Waals surface area contributed by atoms with Crippen LogP contribution < -0.4 is 16.2 Å². The number of esters is 1. The summed E-state index contributed by atoms with van der Waals surface area (Å²) < 4.78 is 55.4. The zero-order valence-corrected chi connectivity index (χ0v) is 24.1. The van der Waals surface area contributed by atoms with Crippen molar-refractivity contribution >= 4 is 28.4 Å². The molecule has 0 bridgehead atoms. The van der Waals surface area contributed by atoms with E-state index in [-0.39, 0.29) is 55.3 Å². The standard InChI is InChI=1S/C30H35F3N6O4/c1-19(2)17-42-27(41)23-9-12-28(13-14-34,18-43-23)39-22-10-16-35-26(40)24(22)25(38-39)37-21-7-5-20(6-8-21)29(30(31,32)33)11-3-4-15-36-29/h5-8,10,16,19,23,36H,3-4,9,11-13,15,17-18H2,1-2H3,(H,35,40)(H,37,38)/t23?,28-,29?/m0/s1. The van der Waals surface area contributed by atoms with Gasteiger partial charge in [0.25, 0.3) is 5.56 Å². The van der Waals surface area contributed by atoms with Crippen LogP contribution in [-0.2, 0) is 25.3 Å². The van der Waals surface area contributed by atoms with Crippen molar-refractivity contribution in [1.82, 2.24) is 20.1 Å². The molecule has 10 nitrogen and oxygen atoms in total. The Morgan fingerprint density at radius 3 is 2.63 bits per heavy atom. The van der Waals surface area contributed by atoms with Crippen molar-refractivity contribution in [2.75, 3.05) is 25.1 Å². The minimum atomic E-state index is -4.47. The number of piperidine rings is 1. The molecule has 2 aromatic heterocycles. The molecule has 0 saturated carbocycles. The number of aromatic amines is 1. The van der Waals surface area contributed by atoms with Crippen LogP contribution in [-0.4, -0.2) is 52.8 Å². The molecule has 2 aliphatic heterocycles. The van der Waals surface area contributed by atoms with Gasteiger partial charge < -0.3 is 19.8 Å². The Labute approximate surface area is 246 Å². The molecule has 0 aliphatic carbocycles. The van der Waals surface area contributed by atoms with E-state index >= 15 is 0 Å². The van der Waals surface area contributed by atoms with Gasteiger partial charge in [0.1, 0.15) is 10.9 Å². The topological polar surface area (TPSA) is 134 Å². The van der Waals surface area contributed by atoms with Gasteiger partial charge in [-0.25, -0.2) is 4.79 Å². The van der Waals surface area contributed by atoms with E-state index in [4.69, 9.17) is 14.6 Å². The van der Waals surface area contributed by atoms with Crippen LogP contribution >= 0.6 is 0 Å². The van der Waals surface area contributed by atoms with Crippen molar-refractivity contribution in [3.63, 3.8) is 0 Å². The van der Waals surface area contributed by atoms with E-state index in [9.17, 15) is 28.0 Å². The van der Waals surface area contributed by atoms with Crippen LogP contribution in [0.25, 0.3) is 10.9 Å². The quantitative estimate of drug-likeness (QED) is 0.308. The van der Waals surface area contributed by atoms with Gasteiger partial charge in [-0.2, -0.15) is 23.5 Å². The van der Waals surface area contributed by atoms with Gasteiger partial charge in [-0.1, -0.05) is 26.0 Å². The smallest absolute Gasteiger partial charge is 0.410 e. The highest BCUT2D eigenvalue weighted by Crippen LogP contribution is 2.45. The first kappa shape index (κ1) is 30.6. The fourth-order valence-corrected chi connectivity index (χ4v) is 5.93. The number of nitrogens with zero attached hydrogens (tertiary/aromatic N) is 3. The number of halogens is 3. The van der Waals surface area contributed by atoms with Crippen molar-refractivity contribution in [3.8, 4) is 6.07 Å². The first-order valence-electron chi connectivity index (χ1n) is 14.5. The molecule has 2 fully saturated rings. The van der Waals surface area contributed by atoms with Gasteiger partial charge in [-0.3, -0.25) is 14.8 Å². The molecular weight excluding hydrogens is 565 g/mol. The molecule has 0 spiro atoms. The van der Waals surface area contributed by atoms with E-state index in [1.165, 1.54) is 30.5 Å². The third-order valence-corrected chi connectivity index (χ3v) is 8.24. The Balaban J connectivity index is 1.44. The lowest BCUT2D eigenvalue weighted by Crippen LogP contribution is -2.56. The minimum absolute atomic E-state index is 0.00496. The van der Waals surface area contributed by atoms with E-state index in [2.05, 4.69) is 21.7 Å². The average Bonchev–Trinajstić information content (AvgIpc) is 3.36. The second kappa shape index (κ2) is 12.0. The fourth-order valence-electron chi connectivity index (χ4n) is 5.93. The minimum Gasteiger partial charge on any atom is -0.463 e. The number of nitrogens with one attached hydrogen (secondary N) is 3. The lowest BCUT2D eigenvalue weighted by Gasteiger charge is -2.40. The molecule has 3 atom stereocenters. The molecule has 2 unspecified atom stereocenters. The molecule has 13 heteroatoms. The summed E-state index contributed by atoms with van der Waals surface area (Å²) in [5.41, 5.74) is -2.50. The number of rotatable bonds is 8. The Hall–Kier alpha value is -3.89. The summed E-state index contributed by atoms with van der Waals surface area (Å²) in [5.74, 6) is -0.0974. The maximum atomic E-state index is 14.2. The molecule has 4 heterocycles. The first-order valence-corrected chi connectivity index (χ1v) is 14.5. The van der Waals surface area contributed by atoms with E-state index in [1.54, 1.807) is 10.7 Å². The number of carbonyl (C=O) groups is 1. The maximum absolute atomic E-state index is 14.2. The number of pyridine rings is 1. The summed E-state index contributed by atoms with van der Waals surface area (Å²) in [6, 6.07) is 9.79. The highest BCUT2D eigenvalue weighted by Gasteiger charge is 2.56. The van der Waals surface area contributed by atoms with Crippen LogP contribution in [0, 0.1) is 17.2 Å². The summed E-state index contributed by atoms with van der Waals surface area (Å²) >= 11 is 0. The molecule has 230 valence electrons. The van der Waals surface area contributed by atoms with Crippen molar-refractivity contribution in [3.05, 3.63) is 52.4 Å². The maximum Gasteiger partial charge on any atom is 0.410 e. The van der Waals surface area contributed by atoms with Crippen LogP contribution in [0.2, 0.25) is 0 Å². The molecule has 5 rings (SSSR count). The van der Waals surface area contributed by atoms with Crippen molar-refractivity contribution < 1.29 is 27.4 Å². The zero-order valence-electron chi connectivity index (χ0n) is 24.1. The Morgan fingerprint density at radius 2 is 2.02 bits per heavy atom. The normalized spacial score (nSPS) is 24.5. The Kier molecular flexibility index (Phi) is 8.54. The van der Waals surface area contributed by atoms with Gasteiger partial charge in [0.05, 0.1) is 36.8 Å². The molecule has 1 aromatic carbocycles. The van der Waals surface area contributed by atoms with Crippen molar-refractivity contribution in [2.24, 2.45) is 5.92 Å². The zero-order chi connectivity index (χ0) is 30.8. The lowest BCUT2D eigenvalue weighted by molar-refractivity contribution is -0.207. The van der Waals surface area contributed by atoms with E-state index < -0.39 is 34.9 Å². The predicted molar refractivity (Wildman–Crippen MR) is 153 cm³/mol. The summed E-state index contributed by atoms with van der Waals surface area (Å²) in [4.78, 5) is 28.1. The van der Waals surface area contributed by atoms with Crippen LogP contribution in [0.3, 0.4) is 0 Å². The van der Waals surface area contributed by atoms with Gasteiger partial charge in [-0.15, -0.1) is 0 Å². The number of ether oxygens (including phenoxy) is 2. The number of aromatic nitrogens is 3. The summed E-state index contributed by atoms with van der Waals surface area (Å²) in [6.07, 6.45) is -2.00. The molecular formula is C30H35F3N6O4. The number of H-pyrrole nitrogens is 1. The highest BCUT2D eigenvalue weighted by atomic mass is 19.4. The monoisotopic (exact) mass is 600 g/mol. The van der Waals surface area contributed by atoms with E-state index in [1.807, 2.05) is 13.8 Å². The Bertz CT molecular complexity index is 1540. The van der Waals surface area contributed by atoms with Gasteiger partial charge in [-0.05, 0) is 68.3 Å². The van der Waals surface area contributed by atoms with Gasteiger partial charge in [0.15, 0.2) is 11.9 Å². The Morgan fingerprint density at radius 1 is 1.26 bits per heavy atom. The highest BCUT2D eigenvalue weighted by molar-refractivity contribution is 5.91. The third kappa shape index (κ3) is 5.86. The number of anilines is 2. The fraction of sp³-hybridized carbons (Fsp3) is 0.533. The van der Waals surface area contributed by atoms with Crippen LogP contribution in [0.1, 0.15) is 57.9 Å². The first-order chi connectivity index (χ1) is 20.5. The molecule has 3 N–H and O–H groups in total. The average molecular weight is 601 g/mol. The molecule has 0 amide bonds. The number of benzene rings is 1. The number of hydrogen-bond donors (Lipinski definition) is 3. The number of fused-ring (bicyclic) bond motifs is 1. The van der Waals surface area contributed by atoms with Crippen LogP contribution in [0.4, 0.5) is 24.7 Å². The van der Waals surface area contributed by atoms with Crippen molar-refractivity contribution in [1.29, 1.82) is 5.26 Å². The predicted octanol–water partition coefficient (Wildman–Crippen LogP) is 4.99. The summed E-state index contributed by atoms with van der Waals surface area (Å²) in [6.45, 7) is 4.42. The molecule has 3 aromatic rings. The van der Waals surface area contributed by atoms with E-state index in [0.29, 0.717) is 36.9 Å². The number of hydrogen-bond acceptors (Lipinski definition) is 8. The molecule has 43 heavy (non-hydrogen) atoms. The molecule has 0 radical (unpaired) electrons. The van der Waals surface area contributed by atoms with Gasteiger partial charge in [0, 0.05) is 11.9 Å².